The van der Waals surface area contributed by atoms with Gasteiger partial charge in [-0.1, -0.05) is 39.1 Å². The maximum absolute atomic E-state index is 12.4. The molecule has 0 aromatic heterocycles. The summed E-state index contributed by atoms with van der Waals surface area (Å²) < 4.78 is 0.829. The average Bonchev–Trinajstić information content (AvgIpc) is 2.93. The van der Waals surface area contributed by atoms with Crippen LogP contribution >= 0.6 is 39.1 Å². The first-order valence-corrected chi connectivity index (χ1v) is 8.81. The molecule has 24 heavy (non-hydrogen) atoms. The van der Waals surface area contributed by atoms with E-state index >= 15 is 0 Å². The minimum absolute atomic E-state index is 0.0839. The molecular formula is C17H13BrCl2N2O2. The lowest BCUT2D eigenvalue weighted by atomic mass is 10.1. The molecule has 4 nitrogen and oxygen atoms in total. The predicted octanol–water partition coefficient (Wildman–Crippen LogP) is 4.75. The van der Waals surface area contributed by atoms with E-state index in [2.05, 4.69) is 21.2 Å². The number of amides is 2. The summed E-state index contributed by atoms with van der Waals surface area (Å²) >= 11 is 15.3. The first-order valence-electron chi connectivity index (χ1n) is 7.26. The number of halogens is 3. The Morgan fingerprint density at radius 1 is 1.17 bits per heavy atom. The van der Waals surface area contributed by atoms with E-state index in [1.165, 1.54) is 0 Å². The van der Waals surface area contributed by atoms with Crippen molar-refractivity contribution in [2.24, 2.45) is 5.92 Å². The Morgan fingerprint density at radius 3 is 2.54 bits per heavy atom. The molecule has 1 N–H and O–H groups in total. The summed E-state index contributed by atoms with van der Waals surface area (Å²) in [5.41, 5.74) is 1.27. The van der Waals surface area contributed by atoms with Crippen molar-refractivity contribution in [2.75, 3.05) is 16.8 Å². The Bertz CT molecular complexity index is 796. The lowest BCUT2D eigenvalue weighted by Gasteiger charge is -2.17. The monoisotopic (exact) mass is 426 g/mol. The van der Waals surface area contributed by atoms with E-state index in [1.807, 2.05) is 0 Å². The van der Waals surface area contributed by atoms with Gasteiger partial charge in [0, 0.05) is 28.1 Å². The fraction of sp³-hybridized carbons (Fsp3) is 0.176. The fourth-order valence-corrected chi connectivity index (χ4v) is 3.43. The van der Waals surface area contributed by atoms with Gasteiger partial charge in [-0.2, -0.15) is 0 Å². The van der Waals surface area contributed by atoms with Crippen molar-refractivity contribution in [2.45, 2.75) is 6.42 Å². The van der Waals surface area contributed by atoms with Gasteiger partial charge in [0.25, 0.3) is 0 Å². The Balaban J connectivity index is 1.70. The van der Waals surface area contributed by atoms with E-state index in [1.54, 1.807) is 47.4 Å². The first-order chi connectivity index (χ1) is 11.4. The van der Waals surface area contributed by atoms with Crippen molar-refractivity contribution in [3.63, 3.8) is 0 Å². The molecule has 2 aromatic rings. The molecule has 0 aliphatic carbocycles. The molecule has 1 aliphatic heterocycles. The van der Waals surface area contributed by atoms with Gasteiger partial charge in [-0.25, -0.2) is 0 Å². The van der Waals surface area contributed by atoms with Crippen molar-refractivity contribution in [3.8, 4) is 0 Å². The van der Waals surface area contributed by atoms with E-state index in [-0.39, 0.29) is 18.2 Å². The van der Waals surface area contributed by atoms with E-state index in [0.29, 0.717) is 22.3 Å². The van der Waals surface area contributed by atoms with Crippen LogP contribution in [-0.4, -0.2) is 18.4 Å². The average molecular weight is 428 g/mol. The molecule has 1 aliphatic rings. The largest absolute Gasteiger partial charge is 0.324 e. The summed E-state index contributed by atoms with van der Waals surface area (Å²) in [6, 6.07) is 12.2. The number of nitrogens with zero attached hydrogens (tertiary/aromatic N) is 1. The van der Waals surface area contributed by atoms with Gasteiger partial charge in [-0.05, 0) is 42.5 Å². The van der Waals surface area contributed by atoms with Crippen LogP contribution in [-0.2, 0) is 9.59 Å². The molecule has 1 saturated heterocycles. The minimum Gasteiger partial charge on any atom is -0.324 e. The van der Waals surface area contributed by atoms with Crippen molar-refractivity contribution < 1.29 is 9.59 Å². The highest BCUT2D eigenvalue weighted by Gasteiger charge is 2.35. The van der Waals surface area contributed by atoms with Crippen LogP contribution in [0.5, 0.6) is 0 Å². The molecule has 0 saturated carbocycles. The molecule has 2 amide bonds. The fourth-order valence-electron chi connectivity index (χ4n) is 2.58. The molecule has 124 valence electrons. The number of hydrogen-bond acceptors (Lipinski definition) is 2. The standard InChI is InChI=1S/C17H13BrCl2N2O2/c18-11-1-6-15(14(20)8-11)21-17(24)10-7-16(23)22(9-10)13-4-2-12(19)3-5-13/h1-6,8,10H,7,9H2,(H,21,24)/t10-/m0/s1. The van der Waals surface area contributed by atoms with Crippen LogP contribution in [0.25, 0.3) is 0 Å². The lowest BCUT2D eigenvalue weighted by molar-refractivity contribution is -0.122. The molecular weight excluding hydrogens is 415 g/mol. The molecule has 1 atom stereocenters. The summed E-state index contributed by atoms with van der Waals surface area (Å²) in [5, 5.41) is 3.83. The molecule has 2 aromatic carbocycles. The van der Waals surface area contributed by atoms with Gasteiger partial charge in [0.2, 0.25) is 11.8 Å². The molecule has 0 bridgehead atoms. The topological polar surface area (TPSA) is 49.4 Å². The van der Waals surface area contributed by atoms with Crippen LogP contribution < -0.4 is 10.2 Å². The first kappa shape index (κ1) is 17.3. The van der Waals surface area contributed by atoms with Gasteiger partial charge in [-0.3, -0.25) is 9.59 Å². The van der Waals surface area contributed by atoms with Crippen molar-refractivity contribution in [1.29, 1.82) is 0 Å². The summed E-state index contributed by atoms with van der Waals surface area (Å²) in [7, 11) is 0. The Morgan fingerprint density at radius 2 is 1.88 bits per heavy atom. The van der Waals surface area contributed by atoms with E-state index in [0.717, 1.165) is 10.2 Å². The summed E-state index contributed by atoms with van der Waals surface area (Å²) in [4.78, 5) is 26.3. The number of hydrogen-bond donors (Lipinski definition) is 1. The predicted molar refractivity (Wildman–Crippen MR) is 99.7 cm³/mol. The number of nitrogens with one attached hydrogen (secondary N) is 1. The number of carbonyl (C=O) groups is 2. The SMILES string of the molecule is O=C(Nc1ccc(Br)cc1Cl)[C@H]1CC(=O)N(c2ccc(Cl)cc2)C1. The molecule has 0 spiro atoms. The Hall–Kier alpha value is -1.56. The highest BCUT2D eigenvalue weighted by Crippen LogP contribution is 2.29. The van der Waals surface area contributed by atoms with E-state index in [4.69, 9.17) is 23.2 Å². The van der Waals surface area contributed by atoms with Gasteiger partial charge in [0.05, 0.1) is 16.6 Å². The van der Waals surface area contributed by atoms with E-state index < -0.39 is 5.92 Å². The van der Waals surface area contributed by atoms with Crippen LogP contribution in [0.15, 0.2) is 46.9 Å². The number of rotatable bonds is 3. The smallest absolute Gasteiger partial charge is 0.229 e. The second kappa shape index (κ2) is 7.13. The third-order valence-electron chi connectivity index (χ3n) is 3.82. The normalized spacial score (nSPS) is 17.2. The molecule has 7 heteroatoms. The Labute approximate surface area is 157 Å². The second-order valence-corrected chi connectivity index (χ2v) is 7.25. The highest BCUT2D eigenvalue weighted by atomic mass is 79.9. The van der Waals surface area contributed by atoms with Crippen LogP contribution in [0.1, 0.15) is 6.42 Å². The second-order valence-electron chi connectivity index (χ2n) is 5.50. The van der Waals surface area contributed by atoms with Gasteiger partial charge in [0.15, 0.2) is 0 Å². The molecule has 0 unspecified atom stereocenters. The van der Waals surface area contributed by atoms with Crippen LogP contribution in [0, 0.1) is 5.92 Å². The van der Waals surface area contributed by atoms with Crippen LogP contribution in [0.3, 0.4) is 0 Å². The quantitative estimate of drug-likeness (QED) is 0.768. The third-order valence-corrected chi connectivity index (χ3v) is 4.88. The summed E-state index contributed by atoms with van der Waals surface area (Å²) in [6.07, 6.45) is 0.169. The van der Waals surface area contributed by atoms with E-state index in [9.17, 15) is 9.59 Å². The summed E-state index contributed by atoms with van der Waals surface area (Å²) in [5.74, 6) is -0.726. The molecule has 1 fully saturated rings. The zero-order chi connectivity index (χ0) is 17.3. The van der Waals surface area contributed by atoms with Gasteiger partial charge >= 0.3 is 0 Å². The zero-order valence-corrected chi connectivity index (χ0v) is 15.5. The van der Waals surface area contributed by atoms with Crippen molar-refractivity contribution in [1.82, 2.24) is 0 Å². The van der Waals surface area contributed by atoms with Crippen LogP contribution in [0.4, 0.5) is 11.4 Å². The van der Waals surface area contributed by atoms with Crippen molar-refractivity contribution >= 4 is 62.3 Å². The Kier molecular flexibility index (Phi) is 5.13. The molecule has 0 radical (unpaired) electrons. The number of carbonyl (C=O) groups excluding carboxylic acids is 2. The lowest BCUT2D eigenvalue weighted by Crippen LogP contribution is -2.28. The number of benzene rings is 2. The highest BCUT2D eigenvalue weighted by molar-refractivity contribution is 9.10. The van der Waals surface area contributed by atoms with Crippen LogP contribution in [0.2, 0.25) is 10.0 Å². The van der Waals surface area contributed by atoms with Crippen molar-refractivity contribution in [3.05, 3.63) is 57.0 Å². The number of anilines is 2. The summed E-state index contributed by atoms with van der Waals surface area (Å²) in [6.45, 7) is 0.334. The minimum atomic E-state index is -0.423. The van der Waals surface area contributed by atoms with Gasteiger partial charge in [-0.15, -0.1) is 0 Å². The molecule has 3 rings (SSSR count). The van der Waals surface area contributed by atoms with Gasteiger partial charge < -0.3 is 10.2 Å². The third kappa shape index (κ3) is 3.74. The molecule has 1 heterocycles. The maximum Gasteiger partial charge on any atom is 0.229 e. The maximum atomic E-state index is 12.4. The zero-order valence-electron chi connectivity index (χ0n) is 12.4. The van der Waals surface area contributed by atoms with Gasteiger partial charge in [0.1, 0.15) is 0 Å².